The molecule has 9 rings (SSSR count). The molecule has 1 aromatic carbocycles. The fraction of sp³-hybridized carbons (Fsp3) is 0.469. The highest BCUT2D eigenvalue weighted by Gasteiger charge is 2.39. The van der Waals surface area contributed by atoms with Gasteiger partial charge in [0, 0.05) is 49.4 Å². The van der Waals surface area contributed by atoms with Gasteiger partial charge in [-0.05, 0) is 68.8 Å². The van der Waals surface area contributed by atoms with E-state index >= 15 is 4.39 Å². The van der Waals surface area contributed by atoms with Crippen molar-refractivity contribution in [3.05, 3.63) is 59.5 Å². The number of nitrogens with zero attached hydrogens (tertiary/aromatic N) is 8. The number of piperazine rings is 1. The summed E-state index contributed by atoms with van der Waals surface area (Å²) in [5.74, 6) is 2.80. The first-order valence-electron chi connectivity index (χ1n) is 15.6. The van der Waals surface area contributed by atoms with Crippen LogP contribution >= 0.6 is 0 Å². The minimum atomic E-state index is -0.368. The summed E-state index contributed by atoms with van der Waals surface area (Å²) in [6.45, 7) is 5.84. The summed E-state index contributed by atoms with van der Waals surface area (Å²) in [5.41, 5.74) is 11.3. The van der Waals surface area contributed by atoms with E-state index in [1.807, 2.05) is 23.1 Å². The molecular weight excluding hydrogens is 543 g/mol. The zero-order valence-corrected chi connectivity index (χ0v) is 24.5. The Labute approximate surface area is 250 Å². The SMILES string of the molecule is C[C@H]1CN(c2ncc(Nc3nc(N)n(-c4nnc(-c5ccccc5)c5c4C4CCC5CC4)n3)cc2F)CCN1CC1CC1. The smallest absolute Gasteiger partial charge is 0.248 e. The lowest BCUT2D eigenvalue weighted by atomic mass is 9.66. The van der Waals surface area contributed by atoms with E-state index in [4.69, 9.17) is 10.8 Å². The van der Waals surface area contributed by atoms with Gasteiger partial charge in [-0.2, -0.15) is 9.67 Å². The molecule has 43 heavy (non-hydrogen) atoms. The van der Waals surface area contributed by atoms with E-state index in [9.17, 15) is 0 Å². The first kappa shape index (κ1) is 26.5. The van der Waals surface area contributed by atoms with Gasteiger partial charge >= 0.3 is 0 Å². The summed E-state index contributed by atoms with van der Waals surface area (Å²) < 4.78 is 16.9. The number of nitrogens with two attached hydrogens (primary N) is 1. The molecule has 3 aromatic heterocycles. The van der Waals surface area contributed by atoms with Crippen LogP contribution in [0.2, 0.25) is 0 Å². The summed E-state index contributed by atoms with van der Waals surface area (Å²) in [6.07, 6.45) is 8.87. The van der Waals surface area contributed by atoms with E-state index in [1.165, 1.54) is 30.0 Å². The van der Waals surface area contributed by atoms with Gasteiger partial charge in [0.2, 0.25) is 11.9 Å². The van der Waals surface area contributed by atoms with Gasteiger partial charge in [-0.15, -0.1) is 15.3 Å². The Kier molecular flexibility index (Phi) is 6.50. The maximum Gasteiger partial charge on any atom is 0.248 e. The molecule has 4 heterocycles. The molecule has 3 N–H and O–H groups in total. The first-order valence-corrected chi connectivity index (χ1v) is 15.6. The molecule has 0 spiro atoms. The molecular formula is C32H37FN10. The van der Waals surface area contributed by atoms with Crippen LogP contribution in [0.5, 0.6) is 0 Å². The Hall–Kier alpha value is -4.12. The summed E-state index contributed by atoms with van der Waals surface area (Å²) >= 11 is 0. The lowest BCUT2D eigenvalue weighted by molar-refractivity contribution is 0.181. The number of aromatic nitrogens is 6. The molecule has 2 bridgehead atoms. The highest BCUT2D eigenvalue weighted by molar-refractivity contribution is 5.69. The maximum atomic E-state index is 15.3. The van der Waals surface area contributed by atoms with E-state index in [1.54, 1.807) is 10.9 Å². The predicted octanol–water partition coefficient (Wildman–Crippen LogP) is 5.26. The van der Waals surface area contributed by atoms with Crippen molar-refractivity contribution in [1.82, 2.24) is 34.8 Å². The van der Waals surface area contributed by atoms with Crippen LogP contribution in [0.4, 0.5) is 27.8 Å². The minimum absolute atomic E-state index is 0.205. The number of pyridine rings is 1. The topological polar surface area (TPSA) is 114 Å². The fourth-order valence-corrected chi connectivity index (χ4v) is 7.39. The Morgan fingerprint density at radius 2 is 1.72 bits per heavy atom. The van der Waals surface area contributed by atoms with Crippen LogP contribution in [0, 0.1) is 11.7 Å². The van der Waals surface area contributed by atoms with Gasteiger partial charge in [0.05, 0.1) is 17.6 Å². The van der Waals surface area contributed by atoms with Crippen LogP contribution in [0.3, 0.4) is 0 Å². The summed E-state index contributed by atoms with van der Waals surface area (Å²) in [4.78, 5) is 13.5. The lowest BCUT2D eigenvalue weighted by Crippen LogP contribution is -2.52. The molecule has 1 aliphatic heterocycles. The van der Waals surface area contributed by atoms with Crippen LogP contribution in [0.25, 0.3) is 17.1 Å². The summed E-state index contributed by atoms with van der Waals surface area (Å²) in [7, 11) is 0. The highest BCUT2D eigenvalue weighted by Crippen LogP contribution is 2.53. The zero-order valence-electron chi connectivity index (χ0n) is 24.5. The third-order valence-electron chi connectivity index (χ3n) is 9.79. The van der Waals surface area contributed by atoms with Gasteiger partial charge in [0.25, 0.3) is 0 Å². The molecule has 222 valence electrons. The summed E-state index contributed by atoms with van der Waals surface area (Å²) in [6, 6.07) is 12.1. The average molecular weight is 581 g/mol. The van der Waals surface area contributed by atoms with E-state index < -0.39 is 0 Å². The second-order valence-corrected chi connectivity index (χ2v) is 12.7. The van der Waals surface area contributed by atoms with Crippen LogP contribution < -0.4 is 16.0 Å². The van der Waals surface area contributed by atoms with Crippen molar-refractivity contribution in [2.24, 2.45) is 5.92 Å². The highest BCUT2D eigenvalue weighted by atomic mass is 19.1. The lowest BCUT2D eigenvalue weighted by Gasteiger charge is -2.40. The maximum absolute atomic E-state index is 15.3. The third kappa shape index (κ3) is 4.89. The van der Waals surface area contributed by atoms with Gasteiger partial charge in [0.15, 0.2) is 17.5 Å². The van der Waals surface area contributed by atoms with Crippen molar-refractivity contribution in [2.45, 2.75) is 63.3 Å². The molecule has 11 heteroatoms. The van der Waals surface area contributed by atoms with Gasteiger partial charge < -0.3 is 16.0 Å². The van der Waals surface area contributed by atoms with Crippen LogP contribution in [0.15, 0.2) is 42.6 Å². The number of nitrogen functional groups attached to an aromatic ring is 1. The second kappa shape index (κ2) is 10.6. The molecule has 0 radical (unpaired) electrons. The number of hydrogen-bond acceptors (Lipinski definition) is 9. The third-order valence-corrected chi connectivity index (χ3v) is 9.79. The number of rotatable bonds is 7. The molecule has 1 saturated heterocycles. The van der Waals surface area contributed by atoms with Crippen LogP contribution in [-0.4, -0.2) is 67.1 Å². The standard InChI is InChI=1S/C32H37FN10/c1-19-17-42(14-13-41(19)18-20-7-8-20)29-25(33)15-24(16-35-29)36-32-37-31(34)43(40-32)30-27-22-11-9-21(10-12-22)26(27)28(38-39-30)23-5-3-2-4-6-23/h2-6,15-16,19-22H,7-14,17-18H2,1H3,(H3,34,36,37,40)/t19-,21?,22?/m0/s1. The Morgan fingerprint density at radius 1 is 0.953 bits per heavy atom. The number of anilines is 4. The Bertz CT molecular complexity index is 1640. The fourth-order valence-electron chi connectivity index (χ4n) is 7.39. The largest absolute Gasteiger partial charge is 0.368 e. The van der Waals surface area contributed by atoms with Gasteiger partial charge in [-0.25, -0.2) is 9.37 Å². The van der Waals surface area contributed by atoms with E-state index in [0.717, 1.165) is 69.0 Å². The molecule has 5 aliphatic rings. The van der Waals surface area contributed by atoms with Gasteiger partial charge in [0.1, 0.15) is 0 Å². The molecule has 10 nitrogen and oxygen atoms in total. The Morgan fingerprint density at radius 3 is 2.44 bits per heavy atom. The molecule has 4 aliphatic carbocycles. The zero-order chi connectivity index (χ0) is 29.1. The molecule has 1 atom stereocenters. The van der Waals surface area contributed by atoms with Crippen molar-refractivity contribution in [3.8, 4) is 17.1 Å². The minimum Gasteiger partial charge on any atom is -0.368 e. The first-order chi connectivity index (χ1) is 21.0. The number of nitrogens with one attached hydrogen (secondary N) is 1. The van der Waals surface area contributed by atoms with Crippen molar-refractivity contribution < 1.29 is 4.39 Å². The number of halogens is 1. The quantitative estimate of drug-likeness (QED) is 0.302. The number of benzene rings is 1. The van der Waals surface area contributed by atoms with Crippen molar-refractivity contribution in [1.29, 1.82) is 0 Å². The predicted molar refractivity (Wildman–Crippen MR) is 164 cm³/mol. The number of hydrogen-bond donors (Lipinski definition) is 2. The van der Waals surface area contributed by atoms with Crippen molar-refractivity contribution >= 4 is 23.4 Å². The van der Waals surface area contributed by atoms with Gasteiger partial charge in [-0.1, -0.05) is 30.3 Å². The molecule has 3 fully saturated rings. The van der Waals surface area contributed by atoms with Crippen LogP contribution in [-0.2, 0) is 0 Å². The molecule has 0 unspecified atom stereocenters. The molecule has 4 aromatic rings. The van der Waals surface area contributed by atoms with Gasteiger partial charge in [-0.3, -0.25) is 4.90 Å². The van der Waals surface area contributed by atoms with E-state index in [0.29, 0.717) is 35.2 Å². The Balaban J connectivity index is 1.05. The monoisotopic (exact) mass is 580 g/mol. The van der Waals surface area contributed by atoms with Crippen molar-refractivity contribution in [2.75, 3.05) is 42.1 Å². The summed E-state index contributed by atoms with van der Waals surface area (Å²) in [5, 5.41) is 17.1. The van der Waals surface area contributed by atoms with E-state index in [2.05, 4.69) is 49.4 Å². The average Bonchev–Trinajstić information content (AvgIpc) is 3.78. The molecule has 2 saturated carbocycles. The number of fused-ring (bicyclic) bond motifs is 2. The van der Waals surface area contributed by atoms with Crippen LogP contribution in [0.1, 0.15) is 68.4 Å². The molecule has 0 amide bonds. The van der Waals surface area contributed by atoms with Crippen molar-refractivity contribution in [3.63, 3.8) is 0 Å². The second-order valence-electron chi connectivity index (χ2n) is 12.7. The normalized spacial score (nSPS) is 23.4. The van der Waals surface area contributed by atoms with E-state index in [-0.39, 0.29) is 17.7 Å².